The molecule has 2 aromatic heterocycles. The topological polar surface area (TPSA) is 61.1 Å². The molecule has 3 rings (SSSR count). The molecule has 0 aliphatic carbocycles. The van der Waals surface area contributed by atoms with Crippen LogP contribution in [0.25, 0.3) is 5.65 Å². The number of aryl methyl sites for hydroxylation is 1. The third-order valence-corrected chi connectivity index (χ3v) is 4.67. The van der Waals surface area contributed by atoms with E-state index >= 15 is 0 Å². The SMILES string of the molecule is Cc1cccn2c(=O)cc(CN3CCN(C[C@H](C)O)[C@@H](C)C3)nc12. The molecule has 1 aliphatic rings. The number of piperazine rings is 1. The van der Waals surface area contributed by atoms with Crippen molar-refractivity contribution < 1.29 is 5.11 Å². The van der Waals surface area contributed by atoms with Crippen LogP contribution in [0.5, 0.6) is 0 Å². The maximum absolute atomic E-state index is 12.3. The molecule has 3 heterocycles. The summed E-state index contributed by atoms with van der Waals surface area (Å²) in [5.41, 5.74) is 2.54. The number of β-amino-alcohol motifs (C(OH)–C–C–N with tert-alkyl or cyclic N) is 1. The Balaban J connectivity index is 1.74. The second-order valence-corrected chi connectivity index (χ2v) is 6.90. The third-order valence-electron chi connectivity index (χ3n) is 4.67. The van der Waals surface area contributed by atoms with Crippen LogP contribution in [-0.2, 0) is 6.54 Å². The summed E-state index contributed by atoms with van der Waals surface area (Å²) in [5, 5.41) is 9.58. The number of aliphatic hydroxyl groups excluding tert-OH is 1. The van der Waals surface area contributed by atoms with Gasteiger partial charge in [-0.05, 0) is 32.4 Å². The van der Waals surface area contributed by atoms with Crippen LogP contribution >= 0.6 is 0 Å². The number of aromatic nitrogens is 2. The van der Waals surface area contributed by atoms with E-state index in [1.54, 1.807) is 16.7 Å². The quantitative estimate of drug-likeness (QED) is 0.902. The number of nitrogens with zero attached hydrogens (tertiary/aromatic N) is 4. The molecule has 0 amide bonds. The lowest BCUT2D eigenvalue weighted by molar-refractivity contribution is 0.0418. The van der Waals surface area contributed by atoms with E-state index in [9.17, 15) is 9.90 Å². The number of hydrogen-bond acceptors (Lipinski definition) is 5. The van der Waals surface area contributed by atoms with Crippen LogP contribution in [-0.4, -0.2) is 62.6 Å². The van der Waals surface area contributed by atoms with Gasteiger partial charge in [0.25, 0.3) is 5.56 Å². The molecule has 0 bridgehead atoms. The fraction of sp³-hybridized carbons (Fsp3) is 0.556. The second-order valence-electron chi connectivity index (χ2n) is 6.90. The zero-order chi connectivity index (χ0) is 17.3. The first-order chi connectivity index (χ1) is 11.4. The molecule has 0 aromatic carbocycles. The number of fused-ring (bicyclic) bond motifs is 1. The second kappa shape index (κ2) is 7.01. The van der Waals surface area contributed by atoms with Crippen molar-refractivity contribution in [2.24, 2.45) is 0 Å². The van der Waals surface area contributed by atoms with Crippen LogP contribution in [0, 0.1) is 6.92 Å². The Labute approximate surface area is 142 Å². The molecule has 1 fully saturated rings. The number of aliphatic hydroxyl groups is 1. The predicted octanol–water partition coefficient (Wildman–Crippen LogP) is 0.890. The fourth-order valence-electron chi connectivity index (χ4n) is 3.44. The molecule has 1 N–H and O–H groups in total. The summed E-state index contributed by atoms with van der Waals surface area (Å²) in [6, 6.07) is 5.87. The van der Waals surface area contributed by atoms with Crippen molar-refractivity contribution in [1.29, 1.82) is 0 Å². The minimum absolute atomic E-state index is 0.0283. The monoisotopic (exact) mass is 330 g/mol. The number of pyridine rings is 1. The van der Waals surface area contributed by atoms with Crippen molar-refractivity contribution in [3.8, 4) is 0 Å². The Morgan fingerprint density at radius 2 is 2.21 bits per heavy atom. The minimum atomic E-state index is -0.302. The third kappa shape index (κ3) is 3.66. The smallest absolute Gasteiger partial charge is 0.258 e. The summed E-state index contributed by atoms with van der Waals surface area (Å²) >= 11 is 0. The van der Waals surface area contributed by atoms with Crippen molar-refractivity contribution in [1.82, 2.24) is 19.2 Å². The zero-order valence-corrected chi connectivity index (χ0v) is 14.6. The summed E-state index contributed by atoms with van der Waals surface area (Å²) in [6.07, 6.45) is 1.46. The van der Waals surface area contributed by atoms with Crippen molar-refractivity contribution in [2.45, 2.75) is 39.5 Å². The molecular weight excluding hydrogens is 304 g/mol. The van der Waals surface area contributed by atoms with Gasteiger partial charge in [0.2, 0.25) is 0 Å². The van der Waals surface area contributed by atoms with Crippen molar-refractivity contribution in [3.63, 3.8) is 0 Å². The molecule has 1 aliphatic heterocycles. The van der Waals surface area contributed by atoms with Crippen LogP contribution in [0.1, 0.15) is 25.1 Å². The molecule has 24 heavy (non-hydrogen) atoms. The van der Waals surface area contributed by atoms with Gasteiger partial charge in [0, 0.05) is 51.0 Å². The summed E-state index contributed by atoms with van der Waals surface area (Å²) in [6.45, 7) is 10.2. The summed E-state index contributed by atoms with van der Waals surface area (Å²) in [4.78, 5) is 21.6. The number of hydrogen-bond donors (Lipinski definition) is 1. The Bertz CT molecular complexity index is 771. The lowest BCUT2D eigenvalue weighted by atomic mass is 10.1. The normalized spacial score (nSPS) is 21.2. The van der Waals surface area contributed by atoms with E-state index in [1.807, 2.05) is 26.0 Å². The van der Waals surface area contributed by atoms with Gasteiger partial charge in [0.05, 0.1) is 11.8 Å². The molecular formula is C18H26N4O2. The van der Waals surface area contributed by atoms with Gasteiger partial charge in [-0.25, -0.2) is 4.98 Å². The Kier molecular flexibility index (Phi) is 4.99. The van der Waals surface area contributed by atoms with E-state index in [4.69, 9.17) is 0 Å². The Hall–Kier alpha value is -1.76. The molecule has 2 atom stereocenters. The summed E-state index contributed by atoms with van der Waals surface area (Å²) < 4.78 is 1.60. The van der Waals surface area contributed by atoms with Gasteiger partial charge in [0.15, 0.2) is 0 Å². The summed E-state index contributed by atoms with van der Waals surface area (Å²) in [7, 11) is 0. The van der Waals surface area contributed by atoms with Gasteiger partial charge >= 0.3 is 0 Å². The average molecular weight is 330 g/mol. The van der Waals surface area contributed by atoms with Crippen molar-refractivity contribution in [2.75, 3.05) is 26.2 Å². The van der Waals surface area contributed by atoms with Crippen molar-refractivity contribution >= 4 is 5.65 Å². The zero-order valence-electron chi connectivity index (χ0n) is 14.6. The van der Waals surface area contributed by atoms with Crippen molar-refractivity contribution in [3.05, 3.63) is 46.0 Å². The largest absolute Gasteiger partial charge is 0.392 e. The van der Waals surface area contributed by atoms with E-state index in [0.29, 0.717) is 19.1 Å². The van der Waals surface area contributed by atoms with Crippen LogP contribution in [0.3, 0.4) is 0 Å². The molecule has 0 spiro atoms. The first kappa shape index (κ1) is 17.1. The van der Waals surface area contributed by atoms with Crippen LogP contribution in [0.15, 0.2) is 29.2 Å². The Morgan fingerprint density at radius 1 is 1.42 bits per heavy atom. The predicted molar refractivity (Wildman–Crippen MR) is 94.2 cm³/mol. The van der Waals surface area contributed by atoms with Crippen LogP contribution in [0.2, 0.25) is 0 Å². The van der Waals surface area contributed by atoms with Gasteiger partial charge in [0.1, 0.15) is 5.65 Å². The highest BCUT2D eigenvalue weighted by Crippen LogP contribution is 2.13. The fourth-order valence-corrected chi connectivity index (χ4v) is 3.44. The first-order valence-electron chi connectivity index (χ1n) is 8.56. The van der Waals surface area contributed by atoms with Crippen LogP contribution in [0.4, 0.5) is 0 Å². The maximum Gasteiger partial charge on any atom is 0.258 e. The lowest BCUT2D eigenvalue weighted by Gasteiger charge is -2.40. The molecule has 0 unspecified atom stereocenters. The van der Waals surface area contributed by atoms with Gasteiger partial charge < -0.3 is 5.11 Å². The highest BCUT2D eigenvalue weighted by Gasteiger charge is 2.24. The molecule has 0 saturated carbocycles. The highest BCUT2D eigenvalue weighted by molar-refractivity contribution is 5.46. The van der Waals surface area contributed by atoms with Crippen LogP contribution < -0.4 is 5.56 Å². The first-order valence-corrected chi connectivity index (χ1v) is 8.56. The standard InChI is InChI=1S/C18H26N4O2/c1-13-5-4-6-22-17(24)9-16(19-18(13)22)12-20-7-8-21(11-15(3)23)14(2)10-20/h4-6,9,14-15,23H,7-8,10-12H2,1-3H3/t14-,15-/m0/s1. The molecule has 6 heteroatoms. The highest BCUT2D eigenvalue weighted by atomic mass is 16.3. The lowest BCUT2D eigenvalue weighted by Crippen LogP contribution is -2.53. The van der Waals surface area contributed by atoms with E-state index in [2.05, 4.69) is 21.7 Å². The molecule has 6 nitrogen and oxygen atoms in total. The summed E-state index contributed by atoms with van der Waals surface area (Å²) in [5.74, 6) is 0. The molecule has 2 aromatic rings. The van der Waals surface area contributed by atoms with Gasteiger partial charge in [-0.3, -0.25) is 19.0 Å². The van der Waals surface area contributed by atoms with Gasteiger partial charge in [-0.2, -0.15) is 0 Å². The number of rotatable bonds is 4. The minimum Gasteiger partial charge on any atom is -0.392 e. The van der Waals surface area contributed by atoms with Gasteiger partial charge in [-0.1, -0.05) is 6.07 Å². The van der Waals surface area contributed by atoms with E-state index < -0.39 is 0 Å². The van der Waals surface area contributed by atoms with E-state index in [-0.39, 0.29) is 11.7 Å². The van der Waals surface area contributed by atoms with E-state index in [1.165, 1.54) is 0 Å². The average Bonchev–Trinajstić information content (AvgIpc) is 2.51. The Morgan fingerprint density at radius 3 is 2.92 bits per heavy atom. The molecule has 1 saturated heterocycles. The van der Waals surface area contributed by atoms with Gasteiger partial charge in [-0.15, -0.1) is 0 Å². The molecule has 130 valence electrons. The molecule has 0 radical (unpaired) electrons. The maximum atomic E-state index is 12.3. The van der Waals surface area contributed by atoms with E-state index in [0.717, 1.165) is 36.5 Å².